The number of rotatable bonds is 7. The molecule has 1 unspecified atom stereocenters. The molecule has 1 N–H and O–H groups in total. The van der Waals surface area contributed by atoms with Crippen LogP contribution in [0, 0.1) is 5.92 Å². The van der Waals surface area contributed by atoms with Crippen molar-refractivity contribution >= 4 is 0 Å². The van der Waals surface area contributed by atoms with Crippen molar-refractivity contribution in [2.45, 2.75) is 32.8 Å². The Hall–Kier alpha value is -1.06. The van der Waals surface area contributed by atoms with Crippen LogP contribution < -0.4 is 4.74 Å². The zero-order valence-corrected chi connectivity index (χ0v) is 11.8. The second-order valence-electron chi connectivity index (χ2n) is 5.19. The molecule has 3 heteroatoms. The number of aliphatic hydroxyl groups is 1. The number of hydrogen-bond donors (Lipinski definition) is 1. The first-order valence-electron chi connectivity index (χ1n) is 6.39. The highest BCUT2D eigenvalue weighted by Gasteiger charge is 2.25. The minimum Gasteiger partial charge on any atom is -0.491 e. The van der Waals surface area contributed by atoms with Crippen molar-refractivity contribution in [1.82, 2.24) is 0 Å². The molecule has 1 aromatic rings. The van der Waals surface area contributed by atoms with Crippen molar-refractivity contribution in [1.29, 1.82) is 0 Å². The SMILES string of the molecule is COCCc1ccc(OCC(C)(O)C(C)C)cc1. The number of methoxy groups -OCH3 is 1. The molecular formula is C15H24O3. The molecular weight excluding hydrogens is 228 g/mol. The minimum atomic E-state index is -0.797. The molecule has 0 fully saturated rings. The van der Waals surface area contributed by atoms with E-state index in [-0.39, 0.29) is 5.92 Å². The van der Waals surface area contributed by atoms with Gasteiger partial charge in [0.15, 0.2) is 0 Å². The van der Waals surface area contributed by atoms with E-state index in [1.807, 2.05) is 38.1 Å². The summed E-state index contributed by atoms with van der Waals surface area (Å²) in [6.45, 7) is 6.80. The molecule has 0 heterocycles. The van der Waals surface area contributed by atoms with Crippen LogP contribution in [0.5, 0.6) is 5.75 Å². The quantitative estimate of drug-likeness (QED) is 0.811. The third kappa shape index (κ3) is 4.67. The Kier molecular flexibility index (Phi) is 5.63. The van der Waals surface area contributed by atoms with Crippen LogP contribution in [0.25, 0.3) is 0 Å². The molecule has 102 valence electrons. The molecule has 1 rings (SSSR count). The number of ether oxygens (including phenoxy) is 2. The third-order valence-electron chi connectivity index (χ3n) is 3.29. The molecule has 0 aliphatic carbocycles. The molecule has 3 nitrogen and oxygen atoms in total. The monoisotopic (exact) mass is 252 g/mol. The molecule has 0 aromatic heterocycles. The zero-order chi connectivity index (χ0) is 13.6. The van der Waals surface area contributed by atoms with Crippen LogP contribution >= 0.6 is 0 Å². The van der Waals surface area contributed by atoms with Crippen molar-refractivity contribution in [3.05, 3.63) is 29.8 Å². The van der Waals surface area contributed by atoms with E-state index in [2.05, 4.69) is 0 Å². The summed E-state index contributed by atoms with van der Waals surface area (Å²) >= 11 is 0. The average Bonchev–Trinajstić information content (AvgIpc) is 2.35. The van der Waals surface area contributed by atoms with Crippen LogP contribution in [0.3, 0.4) is 0 Å². The summed E-state index contributed by atoms with van der Waals surface area (Å²) < 4.78 is 10.6. The fourth-order valence-electron chi connectivity index (χ4n) is 1.37. The van der Waals surface area contributed by atoms with Crippen LogP contribution in [0.15, 0.2) is 24.3 Å². The second kappa shape index (κ2) is 6.76. The van der Waals surface area contributed by atoms with Gasteiger partial charge in [0.2, 0.25) is 0 Å². The van der Waals surface area contributed by atoms with Crippen molar-refractivity contribution in [3.63, 3.8) is 0 Å². The van der Waals surface area contributed by atoms with E-state index in [9.17, 15) is 5.11 Å². The lowest BCUT2D eigenvalue weighted by molar-refractivity contribution is -0.0266. The molecule has 1 aromatic carbocycles. The van der Waals surface area contributed by atoms with Gasteiger partial charge in [0.1, 0.15) is 12.4 Å². The first kappa shape index (κ1) is 15.0. The molecule has 0 spiro atoms. The smallest absolute Gasteiger partial charge is 0.119 e. The van der Waals surface area contributed by atoms with Gasteiger partial charge >= 0.3 is 0 Å². The van der Waals surface area contributed by atoms with Gasteiger partial charge in [-0.15, -0.1) is 0 Å². The Morgan fingerprint density at radius 3 is 2.33 bits per heavy atom. The van der Waals surface area contributed by atoms with E-state index in [0.29, 0.717) is 6.61 Å². The number of benzene rings is 1. The summed E-state index contributed by atoms with van der Waals surface area (Å²) in [5, 5.41) is 10.1. The Bertz CT molecular complexity index is 341. The van der Waals surface area contributed by atoms with Crippen molar-refractivity contribution < 1.29 is 14.6 Å². The molecule has 0 aliphatic heterocycles. The molecule has 0 saturated heterocycles. The molecule has 0 aliphatic rings. The average molecular weight is 252 g/mol. The van der Waals surface area contributed by atoms with Crippen molar-refractivity contribution in [3.8, 4) is 5.75 Å². The lowest BCUT2D eigenvalue weighted by Crippen LogP contribution is -2.37. The topological polar surface area (TPSA) is 38.7 Å². The predicted octanol–water partition coefficient (Wildman–Crippen LogP) is 2.66. The van der Waals surface area contributed by atoms with Gasteiger partial charge in [-0.25, -0.2) is 0 Å². The lowest BCUT2D eigenvalue weighted by atomic mass is 9.94. The molecule has 18 heavy (non-hydrogen) atoms. The highest BCUT2D eigenvalue weighted by atomic mass is 16.5. The highest BCUT2D eigenvalue weighted by Crippen LogP contribution is 2.19. The van der Waals surface area contributed by atoms with Gasteiger partial charge in [0.05, 0.1) is 12.2 Å². The zero-order valence-electron chi connectivity index (χ0n) is 11.8. The fourth-order valence-corrected chi connectivity index (χ4v) is 1.37. The van der Waals surface area contributed by atoms with E-state index in [1.165, 1.54) is 5.56 Å². The standard InChI is InChI=1S/C15H24O3/c1-12(2)15(3,16)11-18-14-7-5-13(6-8-14)9-10-17-4/h5-8,12,16H,9-11H2,1-4H3. The van der Waals surface area contributed by atoms with E-state index in [0.717, 1.165) is 18.8 Å². The van der Waals surface area contributed by atoms with Crippen LogP contribution in [0.4, 0.5) is 0 Å². The molecule has 1 atom stereocenters. The second-order valence-corrected chi connectivity index (χ2v) is 5.19. The summed E-state index contributed by atoms with van der Waals surface area (Å²) in [4.78, 5) is 0. The molecule has 0 radical (unpaired) electrons. The minimum absolute atomic E-state index is 0.165. The maximum atomic E-state index is 10.1. The lowest BCUT2D eigenvalue weighted by Gasteiger charge is -2.27. The third-order valence-corrected chi connectivity index (χ3v) is 3.29. The summed E-state index contributed by atoms with van der Waals surface area (Å²) in [7, 11) is 1.70. The molecule has 0 saturated carbocycles. The van der Waals surface area contributed by atoms with E-state index in [4.69, 9.17) is 9.47 Å². The summed E-state index contributed by atoms with van der Waals surface area (Å²) in [6.07, 6.45) is 0.903. The van der Waals surface area contributed by atoms with Gasteiger partial charge in [-0.05, 0) is 37.0 Å². The van der Waals surface area contributed by atoms with Crippen molar-refractivity contribution in [2.75, 3.05) is 20.3 Å². The summed E-state index contributed by atoms with van der Waals surface area (Å²) in [5.41, 5.74) is 0.425. The van der Waals surface area contributed by atoms with Crippen molar-refractivity contribution in [2.24, 2.45) is 5.92 Å². The van der Waals surface area contributed by atoms with Gasteiger partial charge in [-0.1, -0.05) is 26.0 Å². The molecule has 0 bridgehead atoms. The van der Waals surface area contributed by atoms with Crippen LogP contribution in [-0.2, 0) is 11.2 Å². The first-order valence-corrected chi connectivity index (χ1v) is 6.39. The first-order chi connectivity index (χ1) is 8.45. The predicted molar refractivity (Wildman–Crippen MR) is 73.0 cm³/mol. The summed E-state index contributed by atoms with van der Waals surface area (Å²) in [6, 6.07) is 7.92. The Labute approximate surface area is 110 Å². The van der Waals surface area contributed by atoms with E-state index < -0.39 is 5.60 Å². The fraction of sp³-hybridized carbons (Fsp3) is 0.600. The van der Waals surface area contributed by atoms with Crippen LogP contribution in [-0.4, -0.2) is 31.0 Å². The van der Waals surface area contributed by atoms with Gasteiger partial charge in [-0.2, -0.15) is 0 Å². The Morgan fingerprint density at radius 1 is 1.22 bits per heavy atom. The molecule has 0 amide bonds. The van der Waals surface area contributed by atoms with Crippen LogP contribution in [0.2, 0.25) is 0 Å². The van der Waals surface area contributed by atoms with E-state index in [1.54, 1.807) is 14.0 Å². The Balaban J connectivity index is 2.49. The normalized spacial score (nSPS) is 14.6. The largest absolute Gasteiger partial charge is 0.491 e. The van der Waals surface area contributed by atoms with Gasteiger partial charge in [-0.3, -0.25) is 0 Å². The maximum absolute atomic E-state index is 10.1. The Morgan fingerprint density at radius 2 is 1.83 bits per heavy atom. The van der Waals surface area contributed by atoms with Crippen LogP contribution in [0.1, 0.15) is 26.3 Å². The summed E-state index contributed by atoms with van der Waals surface area (Å²) in [5.74, 6) is 0.954. The van der Waals surface area contributed by atoms with Gasteiger partial charge in [0, 0.05) is 7.11 Å². The van der Waals surface area contributed by atoms with E-state index >= 15 is 0 Å². The maximum Gasteiger partial charge on any atom is 0.119 e. The van der Waals surface area contributed by atoms with Gasteiger partial charge in [0.25, 0.3) is 0 Å². The van der Waals surface area contributed by atoms with Gasteiger partial charge < -0.3 is 14.6 Å². The number of hydrogen-bond acceptors (Lipinski definition) is 3. The highest BCUT2D eigenvalue weighted by molar-refractivity contribution is 5.27.